The molecule has 21 heavy (non-hydrogen) atoms. The van der Waals surface area contributed by atoms with E-state index in [2.05, 4.69) is 11.4 Å². The normalized spacial score (nSPS) is 24.8. The molecule has 118 valence electrons. The van der Waals surface area contributed by atoms with E-state index in [1.54, 1.807) is 0 Å². The number of hydrogen-bond donors (Lipinski definition) is 1. The maximum Gasteiger partial charge on any atom is 0.150 e. The number of nitrogens with one attached hydrogen (secondary N) is 1. The number of benzene rings is 1. The van der Waals surface area contributed by atoms with Crippen molar-refractivity contribution >= 4 is 21.4 Å². The average molecular weight is 330 g/mol. The van der Waals surface area contributed by atoms with Gasteiger partial charge in [0.2, 0.25) is 0 Å². The van der Waals surface area contributed by atoms with Gasteiger partial charge in [0.25, 0.3) is 0 Å². The molecule has 0 aromatic heterocycles. The van der Waals surface area contributed by atoms with E-state index in [-0.39, 0.29) is 11.3 Å². The Morgan fingerprint density at radius 2 is 2.05 bits per heavy atom. The van der Waals surface area contributed by atoms with Crippen molar-refractivity contribution in [1.29, 1.82) is 0 Å². The maximum atomic E-state index is 11.9. The van der Waals surface area contributed by atoms with E-state index in [4.69, 9.17) is 11.6 Å². The Kier molecular flexibility index (Phi) is 5.33. The highest BCUT2D eigenvalue weighted by atomic mass is 35.5. The van der Waals surface area contributed by atoms with Gasteiger partial charge in [-0.15, -0.1) is 0 Å². The molecule has 1 N–H and O–H groups in total. The first-order valence-electron chi connectivity index (χ1n) is 7.45. The topological polar surface area (TPSA) is 46.2 Å². The van der Waals surface area contributed by atoms with Gasteiger partial charge in [-0.3, -0.25) is 0 Å². The van der Waals surface area contributed by atoms with Gasteiger partial charge < -0.3 is 5.32 Å². The minimum atomic E-state index is -2.95. The summed E-state index contributed by atoms with van der Waals surface area (Å²) in [5, 5.41) is 3.94. The molecule has 0 spiro atoms. The van der Waals surface area contributed by atoms with Crippen LogP contribution < -0.4 is 5.32 Å². The molecule has 5 heteroatoms. The summed E-state index contributed by atoms with van der Waals surface area (Å²) < 4.78 is 23.7. The second-order valence-corrected chi connectivity index (χ2v) is 8.83. The Hall–Kier alpha value is -0.580. The Balaban J connectivity index is 2.27. The van der Waals surface area contributed by atoms with Gasteiger partial charge >= 0.3 is 0 Å². The van der Waals surface area contributed by atoms with Crippen molar-refractivity contribution in [3.8, 4) is 0 Å². The molecule has 0 radical (unpaired) electrons. The standard InChI is InChI=1S/C16H24ClNO2S/c1-11-14(8-5-9-15(11)17)16(18-2)12-6-4-7-13(10-12)21(3,19)20/h5,8-9,12-13,16,18H,4,6-7,10H2,1-3H3. The van der Waals surface area contributed by atoms with Gasteiger partial charge in [0.1, 0.15) is 9.84 Å². The van der Waals surface area contributed by atoms with Crippen molar-refractivity contribution in [2.75, 3.05) is 13.3 Å². The Labute approximate surface area is 133 Å². The highest BCUT2D eigenvalue weighted by Crippen LogP contribution is 2.38. The van der Waals surface area contributed by atoms with Gasteiger partial charge in [-0.1, -0.05) is 30.2 Å². The highest BCUT2D eigenvalue weighted by Gasteiger charge is 2.33. The molecule has 3 nitrogen and oxygen atoms in total. The van der Waals surface area contributed by atoms with Crippen LogP contribution in [0.4, 0.5) is 0 Å². The molecule has 0 heterocycles. The maximum absolute atomic E-state index is 11.9. The fourth-order valence-electron chi connectivity index (χ4n) is 3.48. The predicted octanol–water partition coefficient (Wildman–Crippen LogP) is 3.51. The third-order valence-electron chi connectivity index (χ3n) is 4.70. The van der Waals surface area contributed by atoms with Crippen LogP contribution in [0.1, 0.15) is 42.9 Å². The first-order chi connectivity index (χ1) is 9.84. The summed E-state index contributed by atoms with van der Waals surface area (Å²) in [6, 6.07) is 6.11. The zero-order valence-electron chi connectivity index (χ0n) is 12.9. The molecule has 1 aliphatic rings. The quantitative estimate of drug-likeness (QED) is 0.919. The summed E-state index contributed by atoms with van der Waals surface area (Å²) in [4.78, 5) is 0. The number of sulfone groups is 1. The van der Waals surface area contributed by atoms with E-state index < -0.39 is 9.84 Å². The van der Waals surface area contributed by atoms with Gasteiger partial charge in [-0.05, 0) is 56.3 Å². The van der Waals surface area contributed by atoms with E-state index in [0.717, 1.165) is 36.3 Å². The lowest BCUT2D eigenvalue weighted by molar-refractivity contribution is 0.282. The second kappa shape index (κ2) is 6.67. The predicted molar refractivity (Wildman–Crippen MR) is 88.6 cm³/mol. The molecule has 3 unspecified atom stereocenters. The lowest BCUT2D eigenvalue weighted by Gasteiger charge is -2.34. The molecule has 0 bridgehead atoms. The molecule has 1 aromatic carbocycles. The minimum Gasteiger partial charge on any atom is -0.313 e. The summed E-state index contributed by atoms with van der Waals surface area (Å²) in [7, 11) is -1.02. The van der Waals surface area contributed by atoms with Crippen molar-refractivity contribution in [1.82, 2.24) is 5.32 Å². The number of hydrogen-bond acceptors (Lipinski definition) is 3. The lowest BCUT2D eigenvalue weighted by atomic mass is 9.80. The molecule has 2 rings (SSSR count). The van der Waals surface area contributed by atoms with E-state index in [1.165, 1.54) is 11.8 Å². The largest absolute Gasteiger partial charge is 0.313 e. The summed E-state index contributed by atoms with van der Waals surface area (Å²) in [6.45, 7) is 2.03. The van der Waals surface area contributed by atoms with Crippen LogP contribution in [-0.4, -0.2) is 27.0 Å². The van der Waals surface area contributed by atoms with Crippen molar-refractivity contribution in [3.05, 3.63) is 34.3 Å². The van der Waals surface area contributed by atoms with Crippen LogP contribution in [0.2, 0.25) is 5.02 Å². The average Bonchev–Trinajstić information content (AvgIpc) is 2.44. The summed E-state index contributed by atoms with van der Waals surface area (Å²) in [5.41, 5.74) is 2.27. The van der Waals surface area contributed by atoms with Crippen LogP contribution >= 0.6 is 11.6 Å². The van der Waals surface area contributed by atoms with E-state index >= 15 is 0 Å². The van der Waals surface area contributed by atoms with Crippen molar-refractivity contribution in [2.24, 2.45) is 5.92 Å². The molecule has 1 aromatic rings. The second-order valence-electron chi connectivity index (χ2n) is 6.10. The van der Waals surface area contributed by atoms with E-state index in [0.29, 0.717) is 5.92 Å². The number of rotatable bonds is 4. The fourth-order valence-corrected chi connectivity index (χ4v) is 4.85. The summed E-state index contributed by atoms with van der Waals surface area (Å²) in [5.74, 6) is 0.334. The van der Waals surface area contributed by atoms with E-state index in [9.17, 15) is 8.42 Å². The third kappa shape index (κ3) is 3.79. The van der Waals surface area contributed by atoms with Gasteiger partial charge in [0.15, 0.2) is 0 Å². The first kappa shape index (κ1) is 16.8. The molecule has 0 saturated heterocycles. The van der Waals surface area contributed by atoms with Crippen molar-refractivity contribution in [2.45, 2.75) is 43.9 Å². The first-order valence-corrected chi connectivity index (χ1v) is 9.79. The van der Waals surface area contributed by atoms with Crippen LogP contribution in [0.25, 0.3) is 0 Å². The molecule has 0 aliphatic heterocycles. The zero-order chi connectivity index (χ0) is 15.6. The molecule has 1 aliphatic carbocycles. The lowest BCUT2D eigenvalue weighted by Crippen LogP contribution is -2.34. The van der Waals surface area contributed by atoms with Gasteiger partial charge in [-0.25, -0.2) is 8.42 Å². The Morgan fingerprint density at radius 3 is 2.67 bits per heavy atom. The van der Waals surface area contributed by atoms with Crippen LogP contribution in [0.15, 0.2) is 18.2 Å². The zero-order valence-corrected chi connectivity index (χ0v) is 14.5. The van der Waals surface area contributed by atoms with Crippen molar-refractivity contribution in [3.63, 3.8) is 0 Å². The summed E-state index contributed by atoms with van der Waals surface area (Å²) in [6.07, 6.45) is 4.92. The van der Waals surface area contributed by atoms with Gasteiger partial charge in [-0.2, -0.15) is 0 Å². The SMILES string of the molecule is CNC(c1cccc(Cl)c1C)C1CCCC(S(C)(=O)=O)C1. The third-order valence-corrected chi connectivity index (χ3v) is 6.75. The number of halogens is 1. The fraction of sp³-hybridized carbons (Fsp3) is 0.625. The van der Waals surface area contributed by atoms with Gasteiger partial charge in [0, 0.05) is 17.3 Å². The van der Waals surface area contributed by atoms with Crippen LogP contribution in [-0.2, 0) is 9.84 Å². The molecular weight excluding hydrogens is 306 g/mol. The van der Waals surface area contributed by atoms with Crippen LogP contribution in [0.3, 0.4) is 0 Å². The van der Waals surface area contributed by atoms with Crippen LogP contribution in [0.5, 0.6) is 0 Å². The molecule has 1 saturated carbocycles. The minimum absolute atomic E-state index is 0.160. The summed E-state index contributed by atoms with van der Waals surface area (Å²) >= 11 is 6.23. The smallest absolute Gasteiger partial charge is 0.150 e. The highest BCUT2D eigenvalue weighted by molar-refractivity contribution is 7.91. The van der Waals surface area contributed by atoms with Gasteiger partial charge in [0.05, 0.1) is 5.25 Å². The van der Waals surface area contributed by atoms with E-state index in [1.807, 2.05) is 26.1 Å². The molecule has 0 amide bonds. The molecule has 3 atom stereocenters. The van der Waals surface area contributed by atoms with Crippen molar-refractivity contribution < 1.29 is 8.42 Å². The Bertz CT molecular complexity index is 600. The Morgan fingerprint density at radius 1 is 1.33 bits per heavy atom. The van der Waals surface area contributed by atoms with Crippen LogP contribution in [0, 0.1) is 12.8 Å². The molecule has 1 fully saturated rings. The monoisotopic (exact) mass is 329 g/mol. The molecular formula is C16H24ClNO2S.